The van der Waals surface area contributed by atoms with E-state index in [1.54, 1.807) is 30.9 Å². The number of anilines is 1. The van der Waals surface area contributed by atoms with Crippen molar-refractivity contribution >= 4 is 11.5 Å². The molecule has 2 aromatic heterocycles. The molecule has 1 aliphatic heterocycles. The average molecular weight is 259 g/mol. The first-order chi connectivity index (χ1) is 9.29. The molecule has 0 amide bonds. The van der Waals surface area contributed by atoms with Gasteiger partial charge in [0.1, 0.15) is 11.5 Å². The van der Waals surface area contributed by atoms with Gasteiger partial charge in [0.25, 0.3) is 0 Å². The van der Waals surface area contributed by atoms with Crippen LogP contribution in [0.3, 0.4) is 0 Å². The Kier molecular flexibility index (Phi) is 2.86. The maximum absolute atomic E-state index is 10.2. The summed E-state index contributed by atoms with van der Waals surface area (Å²) in [5.41, 5.74) is 9.96. The van der Waals surface area contributed by atoms with Crippen molar-refractivity contribution in [3.05, 3.63) is 42.5 Å². The van der Waals surface area contributed by atoms with E-state index in [0.717, 1.165) is 5.56 Å². The number of aliphatic hydroxyl groups is 1. The van der Waals surface area contributed by atoms with Crippen molar-refractivity contribution < 1.29 is 5.11 Å². The molecule has 8 heteroatoms. The zero-order valence-corrected chi connectivity index (χ0v) is 10.0. The maximum Gasteiger partial charge on any atom is 0.192 e. The van der Waals surface area contributed by atoms with E-state index in [-0.39, 0.29) is 0 Å². The van der Waals surface area contributed by atoms with Gasteiger partial charge in [-0.15, -0.1) is 5.10 Å². The molecular weight excluding hydrogens is 246 g/mol. The van der Waals surface area contributed by atoms with Crippen LogP contribution >= 0.6 is 0 Å². The summed E-state index contributed by atoms with van der Waals surface area (Å²) in [5, 5.41) is 19.3. The third-order valence-corrected chi connectivity index (χ3v) is 2.84. The lowest BCUT2D eigenvalue weighted by Gasteiger charge is -2.22. The van der Waals surface area contributed by atoms with Gasteiger partial charge in [0, 0.05) is 18.9 Å². The number of nitrogens with one attached hydrogen (secondary N) is 1. The van der Waals surface area contributed by atoms with Crippen LogP contribution in [0.4, 0.5) is 5.82 Å². The smallest absolute Gasteiger partial charge is 0.192 e. The van der Waals surface area contributed by atoms with Gasteiger partial charge in [0.2, 0.25) is 0 Å². The minimum absolute atomic E-state index is 0.436. The summed E-state index contributed by atoms with van der Waals surface area (Å²) in [6, 6.07) is 3.65. The third kappa shape index (κ3) is 2.02. The van der Waals surface area contributed by atoms with Crippen LogP contribution in [0.25, 0.3) is 5.70 Å². The molecule has 0 radical (unpaired) electrons. The van der Waals surface area contributed by atoms with Crippen LogP contribution < -0.4 is 16.2 Å². The molecule has 3 heterocycles. The van der Waals surface area contributed by atoms with E-state index in [1.165, 1.54) is 9.69 Å². The van der Waals surface area contributed by atoms with E-state index in [1.807, 2.05) is 6.07 Å². The molecular formula is C11H13N7O. The quantitative estimate of drug-likeness (QED) is 0.667. The Bertz CT molecular complexity index is 578. The largest absolute Gasteiger partial charge is 0.367 e. The lowest BCUT2D eigenvalue weighted by molar-refractivity contribution is 0.219. The number of aliphatic hydroxyl groups excluding tert-OH is 1. The molecule has 19 heavy (non-hydrogen) atoms. The zero-order chi connectivity index (χ0) is 13.2. The van der Waals surface area contributed by atoms with Crippen molar-refractivity contribution in [2.75, 3.05) is 5.01 Å². The highest BCUT2D eigenvalue weighted by Crippen LogP contribution is 2.21. The van der Waals surface area contributed by atoms with Crippen LogP contribution in [0.1, 0.15) is 5.56 Å². The van der Waals surface area contributed by atoms with Gasteiger partial charge in [-0.1, -0.05) is 11.3 Å². The number of rotatable bonds is 3. The molecule has 0 spiro atoms. The van der Waals surface area contributed by atoms with Gasteiger partial charge in [0.05, 0.1) is 12.4 Å². The van der Waals surface area contributed by atoms with E-state index in [2.05, 4.69) is 20.7 Å². The summed E-state index contributed by atoms with van der Waals surface area (Å²) in [6.45, 7) is 0.436. The second-order valence-electron chi connectivity index (χ2n) is 4.02. The molecule has 1 atom stereocenters. The Labute approximate surface area is 109 Å². The van der Waals surface area contributed by atoms with Crippen molar-refractivity contribution in [2.45, 2.75) is 12.8 Å². The molecule has 4 N–H and O–H groups in total. The van der Waals surface area contributed by atoms with Gasteiger partial charge < -0.3 is 10.8 Å². The first kappa shape index (κ1) is 11.6. The molecule has 98 valence electrons. The van der Waals surface area contributed by atoms with Crippen LogP contribution in [0.5, 0.6) is 0 Å². The van der Waals surface area contributed by atoms with Crippen molar-refractivity contribution in [1.29, 1.82) is 0 Å². The summed E-state index contributed by atoms with van der Waals surface area (Å²) in [5.74, 6) is 0.594. The Morgan fingerprint density at radius 3 is 2.95 bits per heavy atom. The van der Waals surface area contributed by atoms with Crippen molar-refractivity contribution in [1.82, 2.24) is 25.4 Å². The fraction of sp³-hybridized carbons (Fsp3) is 0.182. The topological polar surface area (TPSA) is 105 Å². The highest BCUT2D eigenvalue weighted by atomic mass is 16.3. The number of hydrazine groups is 1. The van der Waals surface area contributed by atoms with E-state index in [0.29, 0.717) is 18.1 Å². The Balaban J connectivity index is 1.81. The first-order valence-corrected chi connectivity index (χ1v) is 5.75. The zero-order valence-electron chi connectivity index (χ0n) is 10.0. The van der Waals surface area contributed by atoms with Gasteiger partial charge in [-0.2, -0.15) is 0 Å². The van der Waals surface area contributed by atoms with Crippen LogP contribution in [-0.4, -0.2) is 31.3 Å². The predicted molar refractivity (Wildman–Crippen MR) is 68.0 cm³/mol. The number of hydrogen-bond donors (Lipinski definition) is 3. The fourth-order valence-electron chi connectivity index (χ4n) is 1.81. The number of hydrogen-bond acceptors (Lipinski definition) is 7. The molecule has 0 fully saturated rings. The van der Waals surface area contributed by atoms with Crippen molar-refractivity contribution in [3.8, 4) is 0 Å². The molecule has 0 saturated heterocycles. The Morgan fingerprint density at radius 1 is 1.42 bits per heavy atom. The van der Waals surface area contributed by atoms with Gasteiger partial charge in [0.15, 0.2) is 6.23 Å². The monoisotopic (exact) mass is 259 g/mol. The molecule has 0 aromatic carbocycles. The molecule has 8 nitrogen and oxygen atoms in total. The second kappa shape index (κ2) is 4.67. The standard InChI is InChI=1S/C11H13N7O/c12-5-8-1-2-10(13-6-8)18-11(19)9(7-15-18)17-4-3-14-16-17/h1-4,6-7,11,15,19H,5,12H2. The summed E-state index contributed by atoms with van der Waals surface area (Å²) in [6.07, 6.45) is 5.64. The first-order valence-electron chi connectivity index (χ1n) is 5.75. The highest BCUT2D eigenvalue weighted by Gasteiger charge is 2.28. The lowest BCUT2D eigenvalue weighted by atomic mass is 10.3. The summed E-state index contributed by atoms with van der Waals surface area (Å²) >= 11 is 0. The number of nitrogens with zero attached hydrogens (tertiary/aromatic N) is 5. The third-order valence-electron chi connectivity index (χ3n) is 2.84. The lowest BCUT2D eigenvalue weighted by Crippen LogP contribution is -2.39. The van der Waals surface area contributed by atoms with Crippen LogP contribution in [0, 0.1) is 0 Å². The molecule has 3 rings (SSSR count). The van der Waals surface area contributed by atoms with Crippen LogP contribution in [-0.2, 0) is 6.54 Å². The number of pyridine rings is 1. The van der Waals surface area contributed by atoms with Crippen LogP contribution in [0.2, 0.25) is 0 Å². The van der Waals surface area contributed by atoms with Gasteiger partial charge >= 0.3 is 0 Å². The van der Waals surface area contributed by atoms with Crippen molar-refractivity contribution in [2.24, 2.45) is 5.73 Å². The number of aromatic nitrogens is 4. The molecule has 0 saturated carbocycles. The average Bonchev–Trinajstić information content (AvgIpc) is 3.08. The molecule has 0 aliphatic carbocycles. The predicted octanol–water partition coefficient (Wildman–Crippen LogP) is -0.727. The van der Waals surface area contributed by atoms with E-state index in [4.69, 9.17) is 5.73 Å². The van der Waals surface area contributed by atoms with Crippen molar-refractivity contribution in [3.63, 3.8) is 0 Å². The SMILES string of the molecule is NCc1ccc(N2NC=C(n3ccnn3)C2O)nc1. The van der Waals surface area contributed by atoms with Gasteiger partial charge in [-0.05, 0) is 11.6 Å². The van der Waals surface area contributed by atoms with E-state index in [9.17, 15) is 5.11 Å². The van der Waals surface area contributed by atoms with E-state index >= 15 is 0 Å². The molecule has 1 aliphatic rings. The van der Waals surface area contributed by atoms with E-state index < -0.39 is 6.23 Å². The maximum atomic E-state index is 10.2. The molecule has 1 unspecified atom stereocenters. The molecule has 2 aromatic rings. The Hall–Kier alpha value is -2.45. The fourth-order valence-corrected chi connectivity index (χ4v) is 1.81. The minimum Gasteiger partial charge on any atom is -0.367 e. The Morgan fingerprint density at radius 2 is 2.32 bits per heavy atom. The normalized spacial score (nSPS) is 18.3. The molecule has 0 bridgehead atoms. The van der Waals surface area contributed by atoms with Gasteiger partial charge in [-0.3, -0.25) is 5.43 Å². The second-order valence-corrected chi connectivity index (χ2v) is 4.02. The minimum atomic E-state index is -0.891. The summed E-state index contributed by atoms with van der Waals surface area (Å²) in [4.78, 5) is 4.24. The summed E-state index contributed by atoms with van der Waals surface area (Å²) in [7, 11) is 0. The highest BCUT2D eigenvalue weighted by molar-refractivity contribution is 5.59. The van der Waals surface area contributed by atoms with Crippen LogP contribution in [0.15, 0.2) is 36.9 Å². The summed E-state index contributed by atoms with van der Waals surface area (Å²) < 4.78 is 1.49. The number of nitrogens with two attached hydrogens (primary N) is 1. The van der Waals surface area contributed by atoms with Gasteiger partial charge in [-0.25, -0.2) is 14.7 Å².